The molecule has 13 heteroatoms. The maximum absolute atomic E-state index is 14.6. The SMILES string of the molecule is [2H]C([2H])([2H])N(C(=O)[C@@H]1[C@H](OC)[C@H](O)C(=O)N1c1cc(C(F)(F)F)cc(C)n1)c1cc(Cl)c(F)cc1F. The van der Waals surface area contributed by atoms with Crippen LogP contribution in [0.25, 0.3) is 0 Å². The lowest BCUT2D eigenvalue weighted by Gasteiger charge is -2.30. The molecule has 2 heterocycles. The van der Waals surface area contributed by atoms with Crippen LogP contribution >= 0.6 is 11.6 Å². The molecule has 1 aromatic heterocycles. The highest BCUT2D eigenvalue weighted by atomic mass is 35.5. The number of amides is 2. The lowest BCUT2D eigenvalue weighted by atomic mass is 10.1. The Morgan fingerprint density at radius 1 is 1.27 bits per heavy atom. The van der Waals surface area contributed by atoms with Gasteiger partial charge in [0.2, 0.25) is 0 Å². The van der Waals surface area contributed by atoms with Crippen LogP contribution in [-0.2, 0) is 20.5 Å². The van der Waals surface area contributed by atoms with E-state index in [1.54, 1.807) is 0 Å². The molecule has 0 spiro atoms. The number of hydrogen-bond acceptors (Lipinski definition) is 5. The van der Waals surface area contributed by atoms with Crippen molar-refractivity contribution in [1.82, 2.24) is 4.98 Å². The summed E-state index contributed by atoms with van der Waals surface area (Å²) in [6, 6.07) is -0.290. The van der Waals surface area contributed by atoms with Crippen molar-refractivity contribution in [2.75, 3.05) is 23.9 Å². The molecule has 0 saturated carbocycles. The molecule has 0 aliphatic carbocycles. The standard InChI is InChI=1S/C20H17ClF5N3O4/c1-8-4-9(20(24,25)26)5-14(27-8)29-15(17(33-3)16(30)19(29)32)18(31)28(2)13-6-10(21)11(22)7-12(13)23/h4-7,15-17,30H,1-3H3/t15-,16-,17-/m0/s1/i2D3. The summed E-state index contributed by atoms with van der Waals surface area (Å²) >= 11 is 5.64. The van der Waals surface area contributed by atoms with Gasteiger partial charge >= 0.3 is 6.18 Å². The van der Waals surface area contributed by atoms with Crippen molar-refractivity contribution in [3.63, 3.8) is 0 Å². The summed E-state index contributed by atoms with van der Waals surface area (Å²) in [5.41, 5.74) is -2.48. The minimum atomic E-state index is -4.89. The fourth-order valence-electron chi connectivity index (χ4n) is 3.38. The number of halogens is 6. The van der Waals surface area contributed by atoms with Crippen molar-refractivity contribution in [2.24, 2.45) is 0 Å². The number of aromatic nitrogens is 1. The third-order valence-corrected chi connectivity index (χ3v) is 5.17. The summed E-state index contributed by atoms with van der Waals surface area (Å²) in [6.45, 7) is -2.29. The van der Waals surface area contributed by atoms with Gasteiger partial charge in [-0.2, -0.15) is 13.2 Å². The molecular formula is C20H17ClF5N3O4. The van der Waals surface area contributed by atoms with Gasteiger partial charge in [-0.15, -0.1) is 0 Å². The predicted molar refractivity (Wildman–Crippen MR) is 107 cm³/mol. The van der Waals surface area contributed by atoms with Crippen LogP contribution in [0.5, 0.6) is 0 Å². The summed E-state index contributed by atoms with van der Waals surface area (Å²) in [6.07, 6.45) is -8.81. The number of alkyl halides is 3. The molecule has 1 aliphatic heterocycles. The molecule has 1 fully saturated rings. The molecule has 1 saturated heterocycles. The van der Waals surface area contributed by atoms with Gasteiger partial charge in [-0.25, -0.2) is 13.8 Å². The van der Waals surface area contributed by atoms with Crippen molar-refractivity contribution in [3.05, 3.63) is 52.2 Å². The summed E-state index contributed by atoms with van der Waals surface area (Å²) < 4.78 is 96.7. The highest BCUT2D eigenvalue weighted by molar-refractivity contribution is 6.31. The van der Waals surface area contributed by atoms with Crippen LogP contribution in [0.3, 0.4) is 0 Å². The van der Waals surface area contributed by atoms with E-state index in [1.165, 1.54) is 6.92 Å². The molecule has 0 bridgehead atoms. The first kappa shape index (κ1) is 20.8. The molecule has 3 atom stereocenters. The molecular weight excluding hydrogens is 477 g/mol. The zero-order chi connectivity index (χ0) is 27.3. The van der Waals surface area contributed by atoms with Crippen molar-refractivity contribution in [3.8, 4) is 0 Å². The Hall–Kier alpha value is -2.83. The topological polar surface area (TPSA) is 83.0 Å². The van der Waals surface area contributed by atoms with Gasteiger partial charge in [0.25, 0.3) is 11.8 Å². The second-order valence-electron chi connectivity index (χ2n) is 7.04. The Balaban J connectivity index is 2.23. The normalized spacial score (nSPS) is 22.7. The number of nitrogens with zero attached hydrogens (tertiary/aromatic N) is 3. The average molecular weight is 497 g/mol. The molecule has 0 unspecified atom stereocenters. The lowest BCUT2D eigenvalue weighted by Crippen LogP contribution is -2.51. The highest BCUT2D eigenvalue weighted by Crippen LogP contribution is 2.36. The molecule has 178 valence electrons. The molecule has 33 heavy (non-hydrogen) atoms. The van der Waals surface area contributed by atoms with Gasteiger partial charge in [0.05, 0.1) is 16.3 Å². The van der Waals surface area contributed by atoms with Crippen LogP contribution in [0.15, 0.2) is 24.3 Å². The van der Waals surface area contributed by atoms with Gasteiger partial charge in [-0.1, -0.05) is 11.6 Å². The van der Waals surface area contributed by atoms with Crippen LogP contribution in [-0.4, -0.2) is 54.2 Å². The van der Waals surface area contributed by atoms with Crippen molar-refractivity contribution in [1.29, 1.82) is 0 Å². The van der Waals surface area contributed by atoms with E-state index in [0.717, 1.165) is 7.11 Å². The monoisotopic (exact) mass is 496 g/mol. The zero-order valence-corrected chi connectivity index (χ0v) is 17.6. The van der Waals surface area contributed by atoms with E-state index in [0.29, 0.717) is 23.1 Å². The van der Waals surface area contributed by atoms with E-state index < -0.39 is 76.9 Å². The molecule has 1 aromatic carbocycles. The Kier molecular flexibility index (Phi) is 5.56. The number of benzene rings is 1. The van der Waals surface area contributed by atoms with E-state index in [9.17, 15) is 36.6 Å². The third-order valence-electron chi connectivity index (χ3n) is 4.88. The first-order valence-corrected chi connectivity index (χ1v) is 9.45. The number of likely N-dealkylation sites (N-methyl/N-ethyl adjacent to an activating group) is 1. The number of aliphatic hydroxyl groups excluding tert-OH is 1. The summed E-state index contributed by atoms with van der Waals surface area (Å²) in [5.74, 6) is -6.44. The molecule has 7 nitrogen and oxygen atoms in total. The number of ether oxygens (including phenoxy) is 1. The maximum Gasteiger partial charge on any atom is 0.416 e. The Morgan fingerprint density at radius 3 is 2.52 bits per heavy atom. The number of pyridine rings is 1. The number of methoxy groups -OCH3 is 1. The van der Waals surface area contributed by atoms with Gasteiger partial charge < -0.3 is 14.7 Å². The lowest BCUT2D eigenvalue weighted by molar-refractivity contribution is -0.137. The fourth-order valence-corrected chi connectivity index (χ4v) is 3.53. The number of hydrogen-bond donors (Lipinski definition) is 1. The zero-order valence-electron chi connectivity index (χ0n) is 19.8. The fraction of sp³-hybridized carbons (Fsp3) is 0.350. The molecule has 1 N–H and O–H groups in total. The van der Waals surface area contributed by atoms with Crippen molar-refractivity contribution in [2.45, 2.75) is 31.3 Å². The second kappa shape index (κ2) is 8.84. The Morgan fingerprint density at radius 2 is 1.94 bits per heavy atom. The molecule has 2 aromatic rings. The van der Waals surface area contributed by atoms with E-state index in [-0.39, 0.29) is 16.7 Å². The minimum absolute atomic E-state index is 0.122. The molecule has 3 rings (SSSR count). The van der Waals surface area contributed by atoms with Crippen LogP contribution in [0.4, 0.5) is 33.5 Å². The number of aliphatic hydroxyl groups is 1. The van der Waals surface area contributed by atoms with Gasteiger partial charge in [-0.3, -0.25) is 14.5 Å². The van der Waals surface area contributed by atoms with Gasteiger partial charge in [0.15, 0.2) is 6.10 Å². The number of carbonyl (C=O) groups excluding carboxylic acids is 2. The largest absolute Gasteiger partial charge is 0.416 e. The highest BCUT2D eigenvalue weighted by Gasteiger charge is 2.54. The average Bonchev–Trinajstić information content (AvgIpc) is 3.00. The van der Waals surface area contributed by atoms with Crippen molar-refractivity contribution < 1.29 is 45.5 Å². The van der Waals surface area contributed by atoms with Gasteiger partial charge in [0.1, 0.15) is 29.6 Å². The van der Waals surface area contributed by atoms with Crippen LogP contribution in [0.1, 0.15) is 15.4 Å². The maximum atomic E-state index is 14.6. The Labute approximate surface area is 193 Å². The molecule has 0 radical (unpaired) electrons. The summed E-state index contributed by atoms with van der Waals surface area (Å²) in [4.78, 5) is 30.5. The predicted octanol–water partition coefficient (Wildman–Crippen LogP) is 3.09. The van der Waals surface area contributed by atoms with E-state index in [4.69, 9.17) is 20.5 Å². The van der Waals surface area contributed by atoms with Crippen LogP contribution in [0.2, 0.25) is 5.02 Å². The number of anilines is 2. The van der Waals surface area contributed by atoms with Crippen LogP contribution < -0.4 is 9.80 Å². The van der Waals surface area contributed by atoms with Crippen LogP contribution in [0, 0.1) is 18.6 Å². The van der Waals surface area contributed by atoms with Gasteiger partial charge in [0, 0.05) is 30.0 Å². The Bertz CT molecular complexity index is 1210. The second-order valence-corrected chi connectivity index (χ2v) is 7.45. The van der Waals surface area contributed by atoms with E-state index in [1.807, 2.05) is 0 Å². The molecule has 2 amide bonds. The number of aryl methyl sites for hydroxylation is 1. The smallest absolute Gasteiger partial charge is 0.380 e. The van der Waals surface area contributed by atoms with E-state index in [2.05, 4.69) is 4.98 Å². The summed E-state index contributed by atoms with van der Waals surface area (Å²) in [5, 5.41) is 9.63. The van der Waals surface area contributed by atoms with Gasteiger partial charge in [-0.05, 0) is 25.1 Å². The minimum Gasteiger partial charge on any atom is -0.380 e. The third kappa shape index (κ3) is 4.50. The molecule has 1 aliphatic rings. The number of rotatable bonds is 4. The first-order valence-electron chi connectivity index (χ1n) is 10.6. The quantitative estimate of drug-likeness (QED) is 0.519. The van der Waals surface area contributed by atoms with Crippen molar-refractivity contribution >= 4 is 34.9 Å². The number of carbonyl (C=O) groups is 2. The summed E-state index contributed by atoms with van der Waals surface area (Å²) in [7, 11) is 0.949. The first-order chi connectivity index (χ1) is 16.5. The van der Waals surface area contributed by atoms with E-state index >= 15 is 0 Å².